The van der Waals surface area contributed by atoms with Gasteiger partial charge in [0.1, 0.15) is 5.76 Å². The van der Waals surface area contributed by atoms with Crippen LogP contribution in [0.15, 0.2) is 65.2 Å². The first-order valence-corrected chi connectivity index (χ1v) is 7.33. The van der Waals surface area contributed by atoms with Crippen molar-refractivity contribution in [2.75, 3.05) is 17.2 Å². The van der Waals surface area contributed by atoms with E-state index in [1.807, 2.05) is 42.5 Å². The number of carbonyl (C=O) groups excluding carboxylic acids is 1. The number of aryl methyl sites for hydroxylation is 1. The van der Waals surface area contributed by atoms with Crippen LogP contribution in [0.2, 0.25) is 0 Å². The molecule has 0 unspecified atom stereocenters. The average Bonchev–Trinajstić information content (AvgIpc) is 2.99. The third-order valence-electron chi connectivity index (χ3n) is 3.34. The fraction of sp³-hybridized carbons (Fsp3) is 0.111. The predicted octanol–water partition coefficient (Wildman–Crippen LogP) is 3.70. The van der Waals surface area contributed by atoms with Crippen LogP contribution in [-0.2, 0) is 4.79 Å². The Morgan fingerprint density at radius 1 is 1.04 bits per heavy atom. The molecule has 0 atom stereocenters. The molecule has 116 valence electrons. The van der Waals surface area contributed by atoms with E-state index < -0.39 is 0 Å². The molecule has 0 bridgehead atoms. The molecular formula is C18H17N3O2. The van der Waals surface area contributed by atoms with Crippen molar-refractivity contribution in [1.82, 2.24) is 5.16 Å². The molecule has 0 radical (unpaired) electrons. The molecule has 3 rings (SSSR count). The van der Waals surface area contributed by atoms with E-state index in [0.29, 0.717) is 11.6 Å². The normalized spacial score (nSPS) is 10.3. The Kier molecular flexibility index (Phi) is 4.38. The molecule has 5 nitrogen and oxygen atoms in total. The maximum Gasteiger partial charge on any atom is 0.244 e. The summed E-state index contributed by atoms with van der Waals surface area (Å²) in [5.74, 6) is 0.906. The standard InChI is InChI=1S/C18H17N3O2/c1-13-11-17(21-23-13)20-18(22)12-19-16-9-7-15(8-10-16)14-5-3-2-4-6-14/h2-11,19H,12H2,1H3,(H,20,21,22). The highest BCUT2D eigenvalue weighted by molar-refractivity contribution is 5.92. The molecule has 23 heavy (non-hydrogen) atoms. The fourth-order valence-corrected chi connectivity index (χ4v) is 2.21. The van der Waals surface area contributed by atoms with Crippen molar-refractivity contribution in [3.8, 4) is 11.1 Å². The number of carbonyl (C=O) groups is 1. The van der Waals surface area contributed by atoms with E-state index >= 15 is 0 Å². The summed E-state index contributed by atoms with van der Waals surface area (Å²) in [7, 11) is 0. The first kappa shape index (κ1) is 14.8. The van der Waals surface area contributed by atoms with Crippen LogP contribution in [0.5, 0.6) is 0 Å². The highest BCUT2D eigenvalue weighted by Gasteiger charge is 2.06. The molecule has 2 N–H and O–H groups in total. The predicted molar refractivity (Wildman–Crippen MR) is 90.2 cm³/mol. The molecule has 1 heterocycles. The van der Waals surface area contributed by atoms with E-state index in [2.05, 4.69) is 27.9 Å². The first-order valence-electron chi connectivity index (χ1n) is 7.33. The number of amides is 1. The largest absolute Gasteiger partial charge is 0.376 e. The van der Waals surface area contributed by atoms with Gasteiger partial charge in [0.15, 0.2) is 5.82 Å². The number of nitrogens with one attached hydrogen (secondary N) is 2. The number of aromatic nitrogens is 1. The highest BCUT2D eigenvalue weighted by atomic mass is 16.5. The summed E-state index contributed by atoms with van der Waals surface area (Å²) in [6.07, 6.45) is 0. The lowest BCUT2D eigenvalue weighted by molar-refractivity contribution is -0.114. The Morgan fingerprint density at radius 2 is 1.74 bits per heavy atom. The lowest BCUT2D eigenvalue weighted by atomic mass is 10.1. The maximum absolute atomic E-state index is 11.8. The zero-order valence-corrected chi connectivity index (χ0v) is 12.7. The van der Waals surface area contributed by atoms with Crippen molar-refractivity contribution in [3.63, 3.8) is 0 Å². The summed E-state index contributed by atoms with van der Waals surface area (Å²) < 4.78 is 4.90. The van der Waals surface area contributed by atoms with Gasteiger partial charge in [-0.25, -0.2) is 0 Å². The van der Waals surface area contributed by atoms with Crippen LogP contribution in [0.25, 0.3) is 11.1 Å². The van der Waals surface area contributed by atoms with Gasteiger partial charge in [-0.2, -0.15) is 0 Å². The van der Waals surface area contributed by atoms with Gasteiger partial charge in [0, 0.05) is 11.8 Å². The van der Waals surface area contributed by atoms with Crippen LogP contribution in [0, 0.1) is 6.92 Å². The Hall–Kier alpha value is -3.08. The minimum Gasteiger partial charge on any atom is -0.376 e. The molecular weight excluding hydrogens is 290 g/mol. The van der Waals surface area contributed by atoms with E-state index in [-0.39, 0.29) is 12.5 Å². The smallest absolute Gasteiger partial charge is 0.244 e. The van der Waals surface area contributed by atoms with Crippen LogP contribution >= 0.6 is 0 Å². The maximum atomic E-state index is 11.8. The number of hydrogen-bond donors (Lipinski definition) is 2. The second-order valence-corrected chi connectivity index (χ2v) is 5.17. The Bertz CT molecular complexity index is 780. The summed E-state index contributed by atoms with van der Waals surface area (Å²) in [6, 6.07) is 19.8. The van der Waals surface area contributed by atoms with E-state index in [0.717, 1.165) is 16.8 Å². The van der Waals surface area contributed by atoms with Gasteiger partial charge in [-0.15, -0.1) is 0 Å². The van der Waals surface area contributed by atoms with E-state index in [1.165, 1.54) is 0 Å². The lowest BCUT2D eigenvalue weighted by Gasteiger charge is -2.07. The molecule has 0 spiro atoms. The van der Waals surface area contributed by atoms with Gasteiger partial charge in [0.05, 0.1) is 6.54 Å². The SMILES string of the molecule is Cc1cc(NC(=O)CNc2ccc(-c3ccccc3)cc2)no1. The fourth-order valence-electron chi connectivity index (χ4n) is 2.21. The second-order valence-electron chi connectivity index (χ2n) is 5.17. The van der Waals surface area contributed by atoms with Gasteiger partial charge in [-0.1, -0.05) is 47.6 Å². The van der Waals surface area contributed by atoms with Gasteiger partial charge < -0.3 is 15.2 Å². The van der Waals surface area contributed by atoms with Gasteiger partial charge in [0.25, 0.3) is 0 Å². The molecule has 1 aromatic heterocycles. The van der Waals surface area contributed by atoms with Crippen molar-refractivity contribution in [2.24, 2.45) is 0 Å². The van der Waals surface area contributed by atoms with Crippen LogP contribution in [-0.4, -0.2) is 17.6 Å². The summed E-state index contributed by atoms with van der Waals surface area (Å²) >= 11 is 0. The molecule has 0 saturated carbocycles. The Morgan fingerprint density at radius 3 is 2.39 bits per heavy atom. The zero-order valence-electron chi connectivity index (χ0n) is 12.7. The number of nitrogens with zero attached hydrogens (tertiary/aromatic N) is 1. The van der Waals surface area contributed by atoms with Crippen LogP contribution in [0.1, 0.15) is 5.76 Å². The minimum absolute atomic E-state index is 0.163. The van der Waals surface area contributed by atoms with Crippen LogP contribution in [0.4, 0.5) is 11.5 Å². The molecule has 5 heteroatoms. The van der Waals surface area contributed by atoms with Crippen molar-refractivity contribution in [2.45, 2.75) is 6.92 Å². The molecule has 0 saturated heterocycles. The quantitative estimate of drug-likeness (QED) is 0.754. The Labute approximate surface area is 134 Å². The third-order valence-corrected chi connectivity index (χ3v) is 3.34. The monoisotopic (exact) mass is 307 g/mol. The second kappa shape index (κ2) is 6.79. The van der Waals surface area contributed by atoms with Crippen molar-refractivity contribution >= 4 is 17.4 Å². The third kappa shape index (κ3) is 3.97. The van der Waals surface area contributed by atoms with E-state index in [1.54, 1.807) is 13.0 Å². The molecule has 0 aliphatic heterocycles. The van der Waals surface area contributed by atoms with Gasteiger partial charge in [0.2, 0.25) is 5.91 Å². The number of hydrogen-bond acceptors (Lipinski definition) is 4. The molecule has 0 aliphatic carbocycles. The minimum atomic E-state index is -0.176. The molecule has 1 amide bonds. The van der Waals surface area contributed by atoms with Crippen molar-refractivity contribution in [3.05, 3.63) is 66.4 Å². The molecule has 2 aromatic carbocycles. The molecule has 0 aliphatic rings. The summed E-state index contributed by atoms with van der Waals surface area (Å²) in [5, 5.41) is 9.46. The highest BCUT2D eigenvalue weighted by Crippen LogP contribution is 2.20. The summed E-state index contributed by atoms with van der Waals surface area (Å²) in [4.78, 5) is 11.8. The first-order chi connectivity index (χ1) is 11.2. The summed E-state index contributed by atoms with van der Waals surface area (Å²) in [5.41, 5.74) is 3.19. The molecule has 0 fully saturated rings. The van der Waals surface area contributed by atoms with Gasteiger partial charge in [-0.05, 0) is 30.2 Å². The number of anilines is 2. The number of rotatable bonds is 5. The number of benzene rings is 2. The lowest BCUT2D eigenvalue weighted by Crippen LogP contribution is -2.21. The Balaban J connectivity index is 1.55. The van der Waals surface area contributed by atoms with Crippen molar-refractivity contribution < 1.29 is 9.32 Å². The van der Waals surface area contributed by atoms with Crippen LogP contribution in [0.3, 0.4) is 0 Å². The molecule has 3 aromatic rings. The van der Waals surface area contributed by atoms with E-state index in [9.17, 15) is 4.79 Å². The van der Waals surface area contributed by atoms with Gasteiger partial charge in [-0.3, -0.25) is 4.79 Å². The summed E-state index contributed by atoms with van der Waals surface area (Å²) in [6.45, 7) is 1.94. The van der Waals surface area contributed by atoms with Gasteiger partial charge >= 0.3 is 0 Å². The topological polar surface area (TPSA) is 67.2 Å². The van der Waals surface area contributed by atoms with Crippen LogP contribution < -0.4 is 10.6 Å². The van der Waals surface area contributed by atoms with Crippen molar-refractivity contribution in [1.29, 1.82) is 0 Å². The van der Waals surface area contributed by atoms with E-state index in [4.69, 9.17) is 4.52 Å². The average molecular weight is 307 g/mol. The zero-order chi connectivity index (χ0) is 16.1.